The fourth-order valence-electron chi connectivity index (χ4n) is 1.78. The van der Waals surface area contributed by atoms with Crippen LogP contribution in [-0.4, -0.2) is 37.6 Å². The van der Waals surface area contributed by atoms with Crippen molar-refractivity contribution in [1.29, 1.82) is 0 Å². The van der Waals surface area contributed by atoms with Crippen molar-refractivity contribution in [3.63, 3.8) is 0 Å². The molecule has 5 N–H and O–H groups in total. The van der Waals surface area contributed by atoms with Gasteiger partial charge in [-0.1, -0.05) is 6.92 Å². The zero-order chi connectivity index (χ0) is 12.9. The zero-order valence-corrected chi connectivity index (χ0v) is 10.2. The van der Waals surface area contributed by atoms with Crippen molar-refractivity contribution in [2.24, 2.45) is 16.9 Å². The molecule has 0 spiro atoms. The fraction of sp³-hybridized carbons (Fsp3) is 0.818. The summed E-state index contributed by atoms with van der Waals surface area (Å²) < 4.78 is 5.27. The van der Waals surface area contributed by atoms with E-state index < -0.39 is 11.9 Å². The molecule has 6 nitrogen and oxygen atoms in total. The number of amides is 2. The Bertz CT molecular complexity index is 288. The Morgan fingerprint density at radius 1 is 1.41 bits per heavy atom. The topological polar surface area (TPSA) is 107 Å². The molecule has 1 aliphatic rings. The SMILES string of the molecule is CC1(CNC(=O)C(N)CC(N)=O)CCOCC1. The molecule has 1 saturated heterocycles. The van der Waals surface area contributed by atoms with Gasteiger partial charge in [0.15, 0.2) is 0 Å². The van der Waals surface area contributed by atoms with Crippen molar-refractivity contribution in [2.75, 3.05) is 19.8 Å². The normalized spacial score (nSPS) is 20.6. The molecule has 17 heavy (non-hydrogen) atoms. The van der Waals surface area contributed by atoms with Crippen LogP contribution in [0, 0.1) is 5.41 Å². The van der Waals surface area contributed by atoms with E-state index >= 15 is 0 Å². The van der Waals surface area contributed by atoms with Crippen molar-refractivity contribution in [3.05, 3.63) is 0 Å². The average molecular weight is 243 g/mol. The lowest BCUT2D eigenvalue weighted by molar-refractivity contribution is -0.126. The molecule has 0 aliphatic carbocycles. The Balaban J connectivity index is 2.33. The van der Waals surface area contributed by atoms with Gasteiger partial charge in [0.05, 0.1) is 12.5 Å². The minimum Gasteiger partial charge on any atom is -0.381 e. The molecule has 1 unspecified atom stereocenters. The fourth-order valence-corrected chi connectivity index (χ4v) is 1.78. The monoisotopic (exact) mass is 243 g/mol. The van der Waals surface area contributed by atoms with Gasteiger partial charge in [0, 0.05) is 19.8 Å². The number of nitrogens with two attached hydrogens (primary N) is 2. The summed E-state index contributed by atoms with van der Waals surface area (Å²) in [5.41, 5.74) is 10.6. The molecule has 1 aliphatic heterocycles. The second-order valence-electron chi connectivity index (χ2n) is 4.92. The molecule has 1 atom stereocenters. The minimum absolute atomic E-state index is 0.0559. The lowest BCUT2D eigenvalue weighted by atomic mass is 9.82. The maximum absolute atomic E-state index is 11.6. The van der Waals surface area contributed by atoms with Crippen LogP contribution in [0.5, 0.6) is 0 Å². The Morgan fingerprint density at radius 3 is 2.53 bits per heavy atom. The van der Waals surface area contributed by atoms with E-state index in [4.69, 9.17) is 16.2 Å². The summed E-state index contributed by atoms with van der Waals surface area (Å²) in [6.07, 6.45) is 1.71. The van der Waals surface area contributed by atoms with Crippen LogP contribution in [0.25, 0.3) is 0 Å². The van der Waals surface area contributed by atoms with Crippen molar-refractivity contribution in [2.45, 2.75) is 32.2 Å². The third kappa shape index (κ3) is 4.70. The number of nitrogens with one attached hydrogen (secondary N) is 1. The molecule has 0 bridgehead atoms. The number of carbonyl (C=O) groups is 2. The van der Waals surface area contributed by atoms with Gasteiger partial charge < -0.3 is 21.5 Å². The molecule has 1 fully saturated rings. The van der Waals surface area contributed by atoms with Crippen LogP contribution in [0.4, 0.5) is 0 Å². The highest BCUT2D eigenvalue weighted by atomic mass is 16.5. The van der Waals surface area contributed by atoms with Crippen molar-refractivity contribution < 1.29 is 14.3 Å². The lowest BCUT2D eigenvalue weighted by Gasteiger charge is -2.33. The first-order valence-electron chi connectivity index (χ1n) is 5.82. The second-order valence-corrected chi connectivity index (χ2v) is 4.92. The predicted octanol–water partition coefficient (Wildman–Crippen LogP) is -0.878. The molecule has 98 valence electrons. The number of ether oxygens (including phenoxy) is 1. The van der Waals surface area contributed by atoms with Crippen LogP contribution in [0.2, 0.25) is 0 Å². The van der Waals surface area contributed by atoms with E-state index in [1.165, 1.54) is 0 Å². The Labute approximate surface area is 101 Å². The number of carbonyl (C=O) groups excluding carboxylic acids is 2. The molecular formula is C11H21N3O3. The number of rotatable bonds is 5. The summed E-state index contributed by atoms with van der Waals surface area (Å²) in [5.74, 6) is -0.888. The van der Waals surface area contributed by atoms with Crippen LogP contribution in [0.3, 0.4) is 0 Å². The summed E-state index contributed by atoms with van der Waals surface area (Å²) in [5, 5.41) is 2.77. The average Bonchev–Trinajstić information content (AvgIpc) is 2.26. The Hall–Kier alpha value is -1.14. The predicted molar refractivity (Wildman–Crippen MR) is 63.0 cm³/mol. The van der Waals surface area contributed by atoms with Crippen LogP contribution < -0.4 is 16.8 Å². The highest BCUT2D eigenvalue weighted by Crippen LogP contribution is 2.28. The van der Waals surface area contributed by atoms with Gasteiger partial charge in [-0.3, -0.25) is 9.59 Å². The Kier molecular flexibility index (Phi) is 4.89. The number of primary amides is 1. The van der Waals surface area contributed by atoms with Gasteiger partial charge in [-0.15, -0.1) is 0 Å². The molecule has 0 aromatic carbocycles. The first-order chi connectivity index (χ1) is 7.93. The van der Waals surface area contributed by atoms with Crippen LogP contribution >= 0.6 is 0 Å². The first-order valence-corrected chi connectivity index (χ1v) is 5.82. The molecule has 0 saturated carbocycles. The third-order valence-electron chi connectivity index (χ3n) is 3.15. The summed E-state index contributed by atoms with van der Waals surface area (Å²) in [7, 11) is 0. The van der Waals surface area contributed by atoms with Gasteiger partial charge in [-0.05, 0) is 18.3 Å². The van der Waals surface area contributed by atoms with Gasteiger partial charge in [0.2, 0.25) is 11.8 Å². The smallest absolute Gasteiger partial charge is 0.237 e. The molecule has 1 rings (SSSR count). The first kappa shape index (κ1) is 13.9. The number of hydrogen-bond donors (Lipinski definition) is 3. The lowest BCUT2D eigenvalue weighted by Crippen LogP contribution is -2.47. The molecule has 0 aromatic heterocycles. The standard InChI is InChI=1S/C11H21N3O3/c1-11(2-4-17-5-3-11)7-14-10(16)8(12)6-9(13)15/h8H,2-7,12H2,1H3,(H2,13,15)(H,14,16). The van der Waals surface area contributed by atoms with E-state index in [1.807, 2.05) is 0 Å². The number of hydrogen-bond acceptors (Lipinski definition) is 4. The molecule has 0 radical (unpaired) electrons. The zero-order valence-electron chi connectivity index (χ0n) is 10.2. The van der Waals surface area contributed by atoms with E-state index in [-0.39, 0.29) is 17.7 Å². The second kappa shape index (κ2) is 5.97. The van der Waals surface area contributed by atoms with Crippen molar-refractivity contribution in [3.8, 4) is 0 Å². The van der Waals surface area contributed by atoms with Crippen LogP contribution in [-0.2, 0) is 14.3 Å². The van der Waals surface area contributed by atoms with E-state index in [0.717, 1.165) is 26.1 Å². The highest BCUT2D eigenvalue weighted by molar-refractivity contribution is 5.87. The maximum atomic E-state index is 11.6. The highest BCUT2D eigenvalue weighted by Gasteiger charge is 2.28. The summed E-state index contributed by atoms with van der Waals surface area (Å²) in [6.45, 7) is 4.11. The van der Waals surface area contributed by atoms with Crippen molar-refractivity contribution in [1.82, 2.24) is 5.32 Å². The molecule has 0 aromatic rings. The molecule has 6 heteroatoms. The quantitative estimate of drug-likeness (QED) is 0.583. The Morgan fingerprint density at radius 2 is 2.00 bits per heavy atom. The maximum Gasteiger partial charge on any atom is 0.237 e. The van der Waals surface area contributed by atoms with Crippen molar-refractivity contribution >= 4 is 11.8 Å². The van der Waals surface area contributed by atoms with Gasteiger partial charge >= 0.3 is 0 Å². The molecule has 2 amide bonds. The summed E-state index contributed by atoms with van der Waals surface area (Å²) in [6, 6.07) is -0.851. The molecular weight excluding hydrogens is 222 g/mol. The largest absolute Gasteiger partial charge is 0.381 e. The van der Waals surface area contributed by atoms with E-state index in [9.17, 15) is 9.59 Å². The van der Waals surface area contributed by atoms with Gasteiger partial charge in [-0.2, -0.15) is 0 Å². The third-order valence-corrected chi connectivity index (χ3v) is 3.15. The van der Waals surface area contributed by atoms with Gasteiger partial charge in [0.1, 0.15) is 0 Å². The van der Waals surface area contributed by atoms with E-state index in [1.54, 1.807) is 0 Å². The summed E-state index contributed by atoms with van der Waals surface area (Å²) in [4.78, 5) is 22.2. The minimum atomic E-state index is -0.851. The molecule has 1 heterocycles. The van der Waals surface area contributed by atoms with Gasteiger partial charge in [0.25, 0.3) is 0 Å². The van der Waals surface area contributed by atoms with Crippen LogP contribution in [0.1, 0.15) is 26.2 Å². The van der Waals surface area contributed by atoms with E-state index in [2.05, 4.69) is 12.2 Å². The van der Waals surface area contributed by atoms with Crippen LogP contribution in [0.15, 0.2) is 0 Å². The van der Waals surface area contributed by atoms with Gasteiger partial charge in [-0.25, -0.2) is 0 Å². The van der Waals surface area contributed by atoms with E-state index in [0.29, 0.717) is 6.54 Å². The summed E-state index contributed by atoms with van der Waals surface area (Å²) >= 11 is 0.